The van der Waals surface area contributed by atoms with Crippen molar-refractivity contribution in [1.82, 2.24) is 0 Å². The van der Waals surface area contributed by atoms with Crippen LogP contribution >= 0.6 is 39.1 Å². The number of nitrogens with zero attached hydrogens (tertiary/aromatic N) is 1. The lowest BCUT2D eigenvalue weighted by atomic mass is 10.2. The maximum Gasteiger partial charge on any atom is 0.337 e. The molecule has 0 fully saturated rings. The summed E-state index contributed by atoms with van der Waals surface area (Å²) in [5.74, 6) is -1.17. The standard InChI is InChI=1S/C10H10BrCl2NO4S/c11-6-3-7(10(15)16)9(13)8(4-6)14(2-1-12)5-19(17)18/h3-4H,1-2,5H2,(H,15,16)(H,17,18). The van der Waals surface area contributed by atoms with Crippen molar-refractivity contribution in [3.05, 3.63) is 27.2 Å². The Morgan fingerprint density at radius 3 is 2.58 bits per heavy atom. The summed E-state index contributed by atoms with van der Waals surface area (Å²) < 4.78 is 20.4. The number of anilines is 1. The molecule has 1 aromatic rings. The van der Waals surface area contributed by atoms with Crippen molar-refractivity contribution < 1.29 is 18.7 Å². The average Bonchev–Trinajstić information content (AvgIpc) is 2.30. The van der Waals surface area contributed by atoms with E-state index in [9.17, 15) is 9.00 Å². The zero-order valence-electron chi connectivity index (χ0n) is 9.48. The van der Waals surface area contributed by atoms with Crippen molar-refractivity contribution in [2.75, 3.05) is 23.2 Å². The number of hydrogen-bond acceptors (Lipinski definition) is 3. The minimum Gasteiger partial charge on any atom is -0.478 e. The van der Waals surface area contributed by atoms with Crippen LogP contribution in [-0.2, 0) is 11.1 Å². The van der Waals surface area contributed by atoms with Crippen LogP contribution in [0.1, 0.15) is 10.4 Å². The first-order valence-electron chi connectivity index (χ1n) is 4.97. The van der Waals surface area contributed by atoms with Crippen LogP contribution in [0.2, 0.25) is 5.02 Å². The van der Waals surface area contributed by atoms with E-state index >= 15 is 0 Å². The molecule has 0 bridgehead atoms. The second kappa shape index (κ2) is 7.44. The summed E-state index contributed by atoms with van der Waals surface area (Å²) >= 11 is 12.8. The molecule has 0 aliphatic rings. The number of alkyl halides is 1. The summed E-state index contributed by atoms with van der Waals surface area (Å²) in [4.78, 5) is 12.5. The largest absolute Gasteiger partial charge is 0.478 e. The number of halogens is 3. The van der Waals surface area contributed by atoms with Crippen molar-refractivity contribution in [2.24, 2.45) is 0 Å². The maximum absolute atomic E-state index is 11.1. The van der Waals surface area contributed by atoms with Crippen LogP contribution in [0.25, 0.3) is 0 Å². The van der Waals surface area contributed by atoms with E-state index in [2.05, 4.69) is 15.9 Å². The van der Waals surface area contributed by atoms with Crippen molar-refractivity contribution in [3.63, 3.8) is 0 Å². The molecule has 1 rings (SSSR count). The zero-order valence-corrected chi connectivity index (χ0v) is 13.4. The molecule has 0 saturated heterocycles. The smallest absolute Gasteiger partial charge is 0.337 e. The summed E-state index contributed by atoms with van der Waals surface area (Å²) in [6, 6.07) is 2.94. The first kappa shape index (κ1) is 16.7. The second-order valence-corrected chi connectivity index (χ2v) is 6.07. The second-order valence-electron chi connectivity index (χ2n) is 3.49. The van der Waals surface area contributed by atoms with Crippen LogP contribution in [0.4, 0.5) is 5.69 Å². The number of carboxylic acids is 1. The first-order valence-corrected chi connectivity index (χ1v) is 7.95. The minimum absolute atomic E-state index is 0.00580. The fourth-order valence-electron chi connectivity index (χ4n) is 1.45. The number of carboxylic acid groups (broad SMARTS) is 1. The molecule has 5 nitrogen and oxygen atoms in total. The number of carbonyl (C=O) groups is 1. The molecule has 19 heavy (non-hydrogen) atoms. The number of rotatable bonds is 6. The third-order valence-electron chi connectivity index (χ3n) is 2.21. The highest BCUT2D eigenvalue weighted by atomic mass is 79.9. The fourth-order valence-corrected chi connectivity index (χ4v) is 2.94. The van der Waals surface area contributed by atoms with Gasteiger partial charge in [-0.3, -0.25) is 0 Å². The lowest BCUT2D eigenvalue weighted by Crippen LogP contribution is -2.29. The normalized spacial score (nSPS) is 12.2. The molecule has 0 saturated carbocycles. The highest BCUT2D eigenvalue weighted by Crippen LogP contribution is 2.33. The summed E-state index contributed by atoms with van der Waals surface area (Å²) in [5.41, 5.74) is 0.255. The molecule has 1 atom stereocenters. The molecule has 0 aromatic heterocycles. The van der Waals surface area contributed by atoms with Gasteiger partial charge in [-0.05, 0) is 12.1 Å². The van der Waals surface area contributed by atoms with Crippen LogP contribution in [0.3, 0.4) is 0 Å². The van der Waals surface area contributed by atoms with Gasteiger partial charge in [-0.15, -0.1) is 11.6 Å². The molecule has 106 valence electrons. The van der Waals surface area contributed by atoms with Gasteiger partial charge in [-0.1, -0.05) is 27.5 Å². The van der Waals surface area contributed by atoms with Crippen LogP contribution in [0, 0.1) is 0 Å². The Morgan fingerprint density at radius 1 is 1.47 bits per heavy atom. The van der Waals surface area contributed by atoms with Crippen molar-refractivity contribution >= 4 is 61.9 Å². The van der Waals surface area contributed by atoms with Gasteiger partial charge in [0.05, 0.1) is 16.3 Å². The van der Waals surface area contributed by atoms with E-state index in [4.69, 9.17) is 32.9 Å². The molecule has 2 N–H and O–H groups in total. The third-order valence-corrected chi connectivity index (χ3v) is 3.77. The van der Waals surface area contributed by atoms with Gasteiger partial charge in [-0.2, -0.15) is 0 Å². The molecule has 9 heteroatoms. The van der Waals surface area contributed by atoms with Crippen LogP contribution in [0.15, 0.2) is 16.6 Å². The number of benzene rings is 1. The fraction of sp³-hybridized carbons (Fsp3) is 0.300. The van der Waals surface area contributed by atoms with Crippen LogP contribution in [-0.4, -0.2) is 38.1 Å². The predicted molar refractivity (Wildman–Crippen MR) is 79.8 cm³/mol. The Kier molecular flexibility index (Phi) is 6.55. The first-order chi connectivity index (χ1) is 8.86. The van der Waals surface area contributed by atoms with Crippen LogP contribution < -0.4 is 4.90 Å². The van der Waals surface area contributed by atoms with Crippen LogP contribution in [0.5, 0.6) is 0 Å². The quantitative estimate of drug-likeness (QED) is 0.576. The highest BCUT2D eigenvalue weighted by molar-refractivity contribution is 9.10. The van der Waals surface area contributed by atoms with Gasteiger partial charge in [0, 0.05) is 16.9 Å². The number of hydrogen-bond donors (Lipinski definition) is 2. The summed E-state index contributed by atoms with van der Waals surface area (Å²) in [5, 5.41) is 9.05. The number of aromatic carboxylic acids is 1. The summed E-state index contributed by atoms with van der Waals surface area (Å²) in [6.07, 6.45) is 0. The van der Waals surface area contributed by atoms with E-state index in [0.29, 0.717) is 10.2 Å². The lowest BCUT2D eigenvalue weighted by molar-refractivity contribution is 0.0697. The molecule has 0 aliphatic heterocycles. The summed E-state index contributed by atoms with van der Waals surface area (Å²) in [7, 11) is 0. The van der Waals surface area contributed by atoms with Gasteiger partial charge >= 0.3 is 5.97 Å². The molecule has 1 aromatic carbocycles. The van der Waals surface area contributed by atoms with Gasteiger partial charge < -0.3 is 14.6 Å². The molecular formula is C10H10BrCl2NO4S. The Hall–Kier alpha value is -0.340. The van der Waals surface area contributed by atoms with Crippen molar-refractivity contribution in [3.8, 4) is 0 Å². The van der Waals surface area contributed by atoms with Gasteiger partial charge in [-0.25, -0.2) is 9.00 Å². The zero-order chi connectivity index (χ0) is 14.6. The van der Waals surface area contributed by atoms with E-state index in [1.807, 2.05) is 0 Å². The Balaban J connectivity index is 3.29. The molecule has 0 amide bonds. The molecule has 0 radical (unpaired) electrons. The molecular weight excluding hydrogens is 381 g/mol. The Bertz CT molecular complexity index is 515. The monoisotopic (exact) mass is 389 g/mol. The van der Waals surface area contributed by atoms with E-state index < -0.39 is 17.0 Å². The highest BCUT2D eigenvalue weighted by Gasteiger charge is 2.19. The maximum atomic E-state index is 11.1. The Labute approximate surface area is 130 Å². The molecule has 0 aliphatic carbocycles. The van der Waals surface area contributed by atoms with E-state index in [-0.39, 0.29) is 28.9 Å². The Morgan fingerprint density at radius 2 is 2.11 bits per heavy atom. The molecule has 1 unspecified atom stereocenters. The van der Waals surface area contributed by atoms with Gasteiger partial charge in [0.15, 0.2) is 11.1 Å². The lowest BCUT2D eigenvalue weighted by Gasteiger charge is -2.24. The van der Waals surface area contributed by atoms with Gasteiger partial charge in [0.1, 0.15) is 5.88 Å². The van der Waals surface area contributed by atoms with Gasteiger partial charge in [0.25, 0.3) is 0 Å². The SMILES string of the molecule is O=C(O)c1cc(Br)cc(N(CCCl)CS(=O)O)c1Cl. The average molecular weight is 391 g/mol. The third kappa shape index (κ3) is 4.61. The van der Waals surface area contributed by atoms with Crippen molar-refractivity contribution in [2.45, 2.75) is 0 Å². The van der Waals surface area contributed by atoms with Crippen molar-refractivity contribution in [1.29, 1.82) is 0 Å². The van der Waals surface area contributed by atoms with Gasteiger partial charge in [0.2, 0.25) is 0 Å². The molecule has 0 heterocycles. The molecule has 0 spiro atoms. The van der Waals surface area contributed by atoms with E-state index in [0.717, 1.165) is 0 Å². The van der Waals surface area contributed by atoms with E-state index in [1.54, 1.807) is 6.07 Å². The van der Waals surface area contributed by atoms with E-state index in [1.165, 1.54) is 11.0 Å². The minimum atomic E-state index is -2.08. The predicted octanol–water partition coefficient (Wildman–Crippen LogP) is 3.03. The topological polar surface area (TPSA) is 77.8 Å². The summed E-state index contributed by atoms with van der Waals surface area (Å²) in [6.45, 7) is 0.267.